The summed E-state index contributed by atoms with van der Waals surface area (Å²) in [6.07, 6.45) is 1.24. The quantitative estimate of drug-likeness (QED) is 0.621. The van der Waals surface area contributed by atoms with E-state index in [9.17, 15) is 4.79 Å². The van der Waals surface area contributed by atoms with Gasteiger partial charge in [0.15, 0.2) is 6.10 Å². The van der Waals surface area contributed by atoms with E-state index in [4.69, 9.17) is 9.47 Å². The van der Waals surface area contributed by atoms with Gasteiger partial charge in [0.1, 0.15) is 0 Å². The van der Waals surface area contributed by atoms with Crippen LogP contribution in [0.15, 0.2) is 0 Å². The van der Waals surface area contributed by atoms with Crippen LogP contribution < -0.4 is 0 Å². The summed E-state index contributed by atoms with van der Waals surface area (Å²) in [5, 5.41) is 0. The molecule has 0 saturated heterocycles. The molecule has 0 heterocycles. The van der Waals surface area contributed by atoms with E-state index in [-0.39, 0.29) is 11.6 Å². The van der Waals surface area contributed by atoms with Gasteiger partial charge in [-0.3, -0.25) is 0 Å². The molecule has 0 rings (SSSR count). The first-order valence-electron chi connectivity index (χ1n) is 5.27. The van der Waals surface area contributed by atoms with Crippen molar-refractivity contribution < 1.29 is 14.3 Å². The lowest BCUT2D eigenvalue weighted by molar-refractivity contribution is -0.166. The summed E-state index contributed by atoms with van der Waals surface area (Å²) in [7, 11) is 0. The van der Waals surface area contributed by atoms with Gasteiger partial charge in [-0.1, -0.05) is 13.8 Å². The minimum absolute atomic E-state index is 0.259. The van der Waals surface area contributed by atoms with Crippen LogP contribution in [0.4, 0.5) is 0 Å². The Kier molecular flexibility index (Phi) is 5.77. The molecule has 0 fully saturated rings. The van der Waals surface area contributed by atoms with Gasteiger partial charge in [-0.15, -0.1) is 0 Å². The average molecular weight is 202 g/mol. The lowest BCUT2D eigenvalue weighted by Gasteiger charge is -2.26. The van der Waals surface area contributed by atoms with Crippen molar-refractivity contribution in [3.63, 3.8) is 0 Å². The third-order valence-electron chi connectivity index (χ3n) is 2.13. The molecule has 0 aromatic heterocycles. The molecular formula is C11H22O3. The summed E-state index contributed by atoms with van der Waals surface area (Å²) in [4.78, 5) is 11.3. The fourth-order valence-electron chi connectivity index (χ4n) is 0.930. The predicted molar refractivity (Wildman–Crippen MR) is 56.2 cm³/mol. The van der Waals surface area contributed by atoms with Gasteiger partial charge in [0.2, 0.25) is 0 Å². The summed E-state index contributed by atoms with van der Waals surface area (Å²) in [6.45, 7) is 10.1. The van der Waals surface area contributed by atoms with E-state index in [0.29, 0.717) is 6.61 Å². The SMILES string of the molecule is CCCOC(=O)[C@@H](C)OC(C)(C)CC. The zero-order valence-corrected chi connectivity index (χ0v) is 9.92. The molecule has 0 radical (unpaired) electrons. The molecule has 3 nitrogen and oxygen atoms in total. The standard InChI is InChI=1S/C11H22O3/c1-6-8-13-10(12)9(3)14-11(4,5)7-2/h9H,6-8H2,1-5H3/t9-/m1/s1. The van der Waals surface area contributed by atoms with Crippen molar-refractivity contribution in [2.75, 3.05) is 6.61 Å². The topological polar surface area (TPSA) is 35.5 Å². The molecule has 1 atom stereocenters. The highest BCUT2D eigenvalue weighted by molar-refractivity contribution is 5.74. The molecular weight excluding hydrogens is 180 g/mol. The smallest absolute Gasteiger partial charge is 0.334 e. The Morgan fingerprint density at radius 1 is 1.36 bits per heavy atom. The molecule has 0 N–H and O–H groups in total. The maximum Gasteiger partial charge on any atom is 0.334 e. The van der Waals surface area contributed by atoms with E-state index in [1.54, 1.807) is 6.92 Å². The number of esters is 1. The predicted octanol–water partition coefficient (Wildman–Crippen LogP) is 2.53. The van der Waals surface area contributed by atoms with E-state index in [1.165, 1.54) is 0 Å². The van der Waals surface area contributed by atoms with Gasteiger partial charge in [0, 0.05) is 0 Å². The van der Waals surface area contributed by atoms with Gasteiger partial charge < -0.3 is 9.47 Å². The molecule has 0 aliphatic carbocycles. The second kappa shape index (κ2) is 6.02. The summed E-state index contributed by atoms with van der Waals surface area (Å²) >= 11 is 0. The first-order valence-corrected chi connectivity index (χ1v) is 5.27. The van der Waals surface area contributed by atoms with Crippen LogP contribution in [0.25, 0.3) is 0 Å². The monoisotopic (exact) mass is 202 g/mol. The lowest BCUT2D eigenvalue weighted by Crippen LogP contribution is -2.34. The average Bonchev–Trinajstić information content (AvgIpc) is 2.13. The molecule has 0 unspecified atom stereocenters. The van der Waals surface area contributed by atoms with Gasteiger partial charge in [-0.2, -0.15) is 0 Å². The van der Waals surface area contributed by atoms with Gasteiger partial charge in [0.05, 0.1) is 12.2 Å². The van der Waals surface area contributed by atoms with Gasteiger partial charge in [-0.05, 0) is 33.6 Å². The van der Waals surface area contributed by atoms with Crippen molar-refractivity contribution in [2.24, 2.45) is 0 Å². The Bertz CT molecular complexity index is 175. The molecule has 0 aliphatic heterocycles. The highest BCUT2D eigenvalue weighted by Crippen LogP contribution is 2.16. The van der Waals surface area contributed by atoms with E-state index in [1.807, 2.05) is 27.7 Å². The number of ether oxygens (including phenoxy) is 2. The van der Waals surface area contributed by atoms with E-state index in [2.05, 4.69) is 0 Å². The largest absolute Gasteiger partial charge is 0.464 e. The van der Waals surface area contributed by atoms with Crippen LogP contribution in [0.5, 0.6) is 0 Å². The first kappa shape index (κ1) is 13.4. The van der Waals surface area contributed by atoms with Gasteiger partial charge in [-0.25, -0.2) is 4.79 Å². The molecule has 0 aromatic rings. The lowest BCUT2D eigenvalue weighted by atomic mass is 10.1. The Hall–Kier alpha value is -0.570. The maximum absolute atomic E-state index is 11.3. The van der Waals surface area contributed by atoms with Crippen LogP contribution in [0, 0.1) is 0 Å². The second-order valence-electron chi connectivity index (χ2n) is 4.04. The van der Waals surface area contributed by atoms with Crippen molar-refractivity contribution >= 4 is 5.97 Å². The van der Waals surface area contributed by atoms with Gasteiger partial charge >= 0.3 is 5.97 Å². The number of carbonyl (C=O) groups is 1. The number of hydrogen-bond donors (Lipinski definition) is 0. The Morgan fingerprint density at radius 3 is 2.36 bits per heavy atom. The minimum Gasteiger partial charge on any atom is -0.464 e. The maximum atomic E-state index is 11.3. The Morgan fingerprint density at radius 2 is 1.93 bits per heavy atom. The normalized spacial score (nSPS) is 13.8. The second-order valence-corrected chi connectivity index (χ2v) is 4.04. The van der Waals surface area contributed by atoms with Crippen LogP contribution >= 0.6 is 0 Å². The number of rotatable bonds is 6. The fraction of sp³-hybridized carbons (Fsp3) is 0.909. The molecule has 84 valence electrons. The summed E-state index contributed by atoms with van der Waals surface area (Å²) < 4.78 is 10.6. The summed E-state index contributed by atoms with van der Waals surface area (Å²) in [5.74, 6) is -0.270. The zero-order chi connectivity index (χ0) is 11.2. The van der Waals surface area contributed by atoms with Crippen molar-refractivity contribution in [3.05, 3.63) is 0 Å². The highest BCUT2D eigenvalue weighted by Gasteiger charge is 2.24. The number of hydrogen-bond acceptors (Lipinski definition) is 3. The summed E-state index contributed by atoms with van der Waals surface area (Å²) in [5.41, 5.74) is -0.259. The Labute approximate surface area is 86.8 Å². The van der Waals surface area contributed by atoms with E-state index < -0.39 is 6.10 Å². The molecule has 14 heavy (non-hydrogen) atoms. The van der Waals surface area contributed by atoms with Crippen molar-refractivity contribution in [3.8, 4) is 0 Å². The van der Waals surface area contributed by atoms with Crippen LogP contribution in [0.3, 0.4) is 0 Å². The Balaban J connectivity index is 3.94. The minimum atomic E-state index is -0.475. The summed E-state index contributed by atoms with van der Waals surface area (Å²) in [6, 6.07) is 0. The van der Waals surface area contributed by atoms with Crippen LogP contribution in [-0.2, 0) is 14.3 Å². The highest BCUT2D eigenvalue weighted by atomic mass is 16.6. The molecule has 0 aliphatic rings. The van der Waals surface area contributed by atoms with Crippen molar-refractivity contribution in [1.29, 1.82) is 0 Å². The first-order chi connectivity index (χ1) is 6.43. The van der Waals surface area contributed by atoms with Crippen molar-refractivity contribution in [2.45, 2.75) is 59.2 Å². The van der Waals surface area contributed by atoms with Crippen LogP contribution in [-0.4, -0.2) is 24.3 Å². The van der Waals surface area contributed by atoms with Crippen LogP contribution in [0.1, 0.15) is 47.5 Å². The third kappa shape index (κ3) is 5.22. The fourth-order valence-corrected chi connectivity index (χ4v) is 0.930. The zero-order valence-electron chi connectivity index (χ0n) is 9.92. The molecule has 0 aromatic carbocycles. The van der Waals surface area contributed by atoms with Crippen molar-refractivity contribution in [1.82, 2.24) is 0 Å². The third-order valence-corrected chi connectivity index (χ3v) is 2.13. The van der Waals surface area contributed by atoms with Crippen LogP contribution in [0.2, 0.25) is 0 Å². The molecule has 3 heteroatoms. The van der Waals surface area contributed by atoms with E-state index in [0.717, 1.165) is 12.8 Å². The van der Waals surface area contributed by atoms with E-state index >= 15 is 0 Å². The molecule has 0 spiro atoms. The molecule has 0 saturated carbocycles. The molecule has 0 bridgehead atoms. The molecule has 0 amide bonds. The number of carbonyl (C=O) groups excluding carboxylic acids is 1. The van der Waals surface area contributed by atoms with Gasteiger partial charge in [0.25, 0.3) is 0 Å².